The highest BCUT2D eigenvalue weighted by Crippen LogP contribution is 2.44. The minimum atomic E-state index is -4.01. The first kappa shape index (κ1) is 39.8. The first-order valence-corrected chi connectivity index (χ1v) is 19.1. The smallest absolute Gasteiger partial charge is 0.393 e. The number of nitrogens with one attached hydrogen (secondary N) is 4. The van der Waals surface area contributed by atoms with Crippen LogP contribution in [-0.2, 0) is 21.6 Å². The zero-order valence-corrected chi connectivity index (χ0v) is 31.8. The molecule has 0 saturated heterocycles. The van der Waals surface area contributed by atoms with Crippen LogP contribution in [0.25, 0.3) is 5.57 Å². The number of aryl methyl sites for hydroxylation is 2. The first-order chi connectivity index (χ1) is 21.8. The third-order valence-corrected chi connectivity index (χ3v) is 7.26. The van der Waals surface area contributed by atoms with Gasteiger partial charge in [0.25, 0.3) is 0 Å². The number of thiocarbonyl (C=S) groups is 2. The van der Waals surface area contributed by atoms with Crippen molar-refractivity contribution in [1.29, 1.82) is 0 Å². The average molecular weight is 725 g/mol. The van der Waals surface area contributed by atoms with Gasteiger partial charge in [0.15, 0.2) is 15.9 Å². The molecule has 17 heteroatoms. The number of anilines is 1. The molecule has 0 radical (unpaired) electrons. The summed E-state index contributed by atoms with van der Waals surface area (Å²) in [6, 6.07) is 9.38. The number of rotatable bonds is 5. The van der Waals surface area contributed by atoms with Crippen LogP contribution in [0, 0.1) is 13.8 Å². The molecule has 4 rings (SSSR count). The molecule has 0 unspecified atom stereocenters. The van der Waals surface area contributed by atoms with E-state index in [1.165, 1.54) is 8.96 Å². The number of benzene rings is 1. The summed E-state index contributed by atoms with van der Waals surface area (Å²) in [6.45, 7) is 6.79. The predicted octanol–water partition coefficient (Wildman–Crippen LogP) is 4.66. The lowest BCUT2D eigenvalue weighted by molar-refractivity contribution is -0.363. The number of halogens is 2. The van der Waals surface area contributed by atoms with Gasteiger partial charge in [-0.3, -0.25) is 19.3 Å². The molecule has 1 aromatic carbocycles. The average Bonchev–Trinajstić information content (AvgIpc) is 3.45. The molecule has 0 spiro atoms. The highest BCUT2D eigenvalue weighted by atomic mass is 32.2. The summed E-state index contributed by atoms with van der Waals surface area (Å²) in [5, 5.41) is 15.0. The number of hydrazone groups is 2. The zero-order valence-electron chi connectivity index (χ0n) is 28.5. The summed E-state index contributed by atoms with van der Waals surface area (Å²) in [4.78, 5) is 0. The van der Waals surface area contributed by atoms with Crippen LogP contribution in [0.3, 0.4) is 0 Å². The number of allylic oxidation sites excluding steroid dienone is 2. The molecule has 2 aliphatic heterocycles. The summed E-state index contributed by atoms with van der Waals surface area (Å²) in [7, 11) is 0.478. The van der Waals surface area contributed by atoms with Crippen LogP contribution in [0.2, 0.25) is 0 Å². The summed E-state index contributed by atoms with van der Waals surface area (Å²) in [5.41, 5.74) is 12.9. The van der Waals surface area contributed by atoms with E-state index in [4.69, 9.17) is 24.4 Å². The fourth-order valence-corrected chi connectivity index (χ4v) is 5.15. The number of fused-ring (bicyclic) bond motifs is 2. The van der Waals surface area contributed by atoms with Gasteiger partial charge in [0.1, 0.15) is 5.71 Å². The van der Waals surface area contributed by atoms with Crippen LogP contribution in [-0.4, -0.2) is 83.8 Å². The van der Waals surface area contributed by atoms with Crippen LogP contribution in [0.15, 0.2) is 57.9 Å². The fraction of sp³-hybridized carbons (Fsp3) is 0.367. The van der Waals surface area contributed by atoms with E-state index in [-0.39, 0.29) is 0 Å². The van der Waals surface area contributed by atoms with Crippen molar-refractivity contribution in [2.45, 2.75) is 41.5 Å². The number of aromatic nitrogens is 1. The third-order valence-electron chi connectivity index (χ3n) is 6.77. The molecule has 0 fully saturated rings. The number of hydrogen-bond donors (Lipinski definition) is 4. The van der Waals surface area contributed by atoms with E-state index in [9.17, 15) is 8.42 Å². The Kier molecular flexibility index (Phi) is 14.5. The van der Waals surface area contributed by atoms with Gasteiger partial charge >= 0.3 is 6.97 Å². The molecule has 2 aliphatic rings. The van der Waals surface area contributed by atoms with Gasteiger partial charge in [0.2, 0.25) is 0 Å². The van der Waals surface area contributed by atoms with Crippen molar-refractivity contribution in [1.82, 2.24) is 20.6 Å². The van der Waals surface area contributed by atoms with Gasteiger partial charge in [0, 0.05) is 83.6 Å². The second-order valence-electron chi connectivity index (χ2n) is 11.0. The van der Waals surface area contributed by atoms with E-state index >= 15 is 8.63 Å². The van der Waals surface area contributed by atoms with Gasteiger partial charge in [-0.15, -0.1) is 0 Å². The molecule has 0 amide bonds. The maximum Gasteiger partial charge on any atom is 0.737 e. The van der Waals surface area contributed by atoms with E-state index in [0.717, 1.165) is 28.0 Å². The normalized spacial score (nSPS) is 15.2. The summed E-state index contributed by atoms with van der Waals surface area (Å²) in [6.07, 6.45) is 8.38. The lowest BCUT2D eigenvalue weighted by atomic mass is 9.84. The monoisotopic (exact) mass is 724 g/mol. The highest BCUT2D eigenvalue weighted by molar-refractivity contribution is 7.83. The summed E-state index contributed by atoms with van der Waals surface area (Å²) >= 11 is 10.4. The first-order valence-electron chi connectivity index (χ1n) is 14.3. The number of hydrogen-bond acceptors (Lipinski definition) is 6. The maximum absolute atomic E-state index is 15.8. The molecule has 10 nitrogen and oxygen atoms in total. The fourth-order valence-electron chi connectivity index (χ4n) is 4.94. The molecule has 0 saturated carbocycles. The van der Waals surface area contributed by atoms with Gasteiger partial charge in [-0.05, 0) is 94.1 Å². The van der Waals surface area contributed by atoms with Crippen molar-refractivity contribution in [3.63, 3.8) is 0 Å². The van der Waals surface area contributed by atoms with E-state index in [1.807, 2.05) is 50.3 Å². The molecular formula is C30H43BF2N8O2S4. The molecule has 3 heterocycles. The van der Waals surface area contributed by atoms with Gasteiger partial charge in [-0.2, -0.15) is 10.2 Å². The summed E-state index contributed by atoms with van der Waals surface area (Å²) < 4.78 is 53.2. The molecule has 0 aliphatic carbocycles. The van der Waals surface area contributed by atoms with Crippen LogP contribution < -0.4 is 21.5 Å². The molecule has 256 valence electrons. The molecule has 47 heavy (non-hydrogen) atoms. The standard InChI is InChI=1S/C26H31BF2N8S2.2C2H6OS/c1-14-12-16(3)36-23(14)22(24-15(2)13-17(4)37(24)27(36,28)29)20-8-10-21(11-9-20)31-26(39)35-33-19(6)18(5)32-34-25(38)30-7;2*1-4(2)3/h8-13H,1-7H3,(H2,30,34,38)(H2,31,35,39);2*1-2H3/b32-18+,33-19+;;. The van der Waals surface area contributed by atoms with Crippen LogP contribution in [0.1, 0.15) is 50.2 Å². The Labute approximate surface area is 291 Å². The van der Waals surface area contributed by atoms with Gasteiger partial charge in [0.05, 0.1) is 17.0 Å². The molecule has 1 aromatic heterocycles. The molecule has 4 N–H and O–H groups in total. The van der Waals surface area contributed by atoms with Gasteiger partial charge < -0.3 is 28.2 Å². The van der Waals surface area contributed by atoms with Crippen molar-refractivity contribution < 1.29 is 21.5 Å². The van der Waals surface area contributed by atoms with E-state index in [0.29, 0.717) is 44.4 Å². The molecule has 0 bridgehead atoms. The lowest BCUT2D eigenvalue weighted by Gasteiger charge is -2.34. The van der Waals surface area contributed by atoms with Crippen LogP contribution >= 0.6 is 24.4 Å². The lowest BCUT2D eigenvalue weighted by Crippen LogP contribution is -2.51. The maximum atomic E-state index is 15.8. The predicted molar refractivity (Wildman–Crippen MR) is 205 cm³/mol. The summed E-state index contributed by atoms with van der Waals surface area (Å²) in [5.74, 6) is 0. The Morgan fingerprint density at radius 3 is 1.87 bits per heavy atom. The van der Waals surface area contributed by atoms with E-state index in [2.05, 4.69) is 31.7 Å². The van der Waals surface area contributed by atoms with E-state index in [1.54, 1.807) is 59.8 Å². The largest absolute Gasteiger partial charge is 0.737 e. The zero-order chi connectivity index (χ0) is 35.8. The number of nitrogens with zero attached hydrogens (tertiary/aromatic N) is 4. The van der Waals surface area contributed by atoms with Crippen molar-refractivity contribution in [3.8, 4) is 0 Å². The second kappa shape index (κ2) is 17.1. The minimum Gasteiger partial charge on any atom is -0.393 e. The Bertz CT molecular complexity index is 1730. The Morgan fingerprint density at radius 2 is 1.38 bits per heavy atom. The Balaban J connectivity index is 0.000000862. The van der Waals surface area contributed by atoms with Crippen molar-refractivity contribution >= 4 is 91.6 Å². The van der Waals surface area contributed by atoms with E-state index < -0.39 is 28.6 Å². The van der Waals surface area contributed by atoms with Crippen molar-refractivity contribution in [2.75, 3.05) is 37.4 Å². The van der Waals surface area contributed by atoms with Gasteiger partial charge in [-0.25, -0.2) is 0 Å². The van der Waals surface area contributed by atoms with Gasteiger partial charge in [-0.1, -0.05) is 12.1 Å². The minimum absolute atomic E-state index is 0.293. The van der Waals surface area contributed by atoms with Crippen LogP contribution in [0.4, 0.5) is 14.3 Å². The Morgan fingerprint density at radius 1 is 0.894 bits per heavy atom. The topological polar surface area (TPSA) is 115 Å². The SMILES string of the molecule is CNC(=S)N/N=C(C)/C(C)=N/NC(=S)Nc1ccc(C2=C3C(C)=CC(C)=[N+]3[B-](F)(F)n3c(C)cc(C)c32)cc1.CS(C)=O.CS(C)=O. The second-order valence-corrected chi connectivity index (χ2v) is 14.8. The van der Waals surface area contributed by atoms with Crippen molar-refractivity contribution in [3.05, 3.63) is 70.2 Å². The molecule has 0 atom stereocenters. The van der Waals surface area contributed by atoms with Crippen molar-refractivity contribution in [2.24, 2.45) is 10.2 Å². The quantitative estimate of drug-likeness (QED) is 0.153. The molecular weight excluding hydrogens is 681 g/mol. The molecule has 2 aromatic rings. The Hall–Kier alpha value is -3.41. The van der Waals surface area contributed by atoms with Crippen LogP contribution in [0.5, 0.6) is 0 Å². The third kappa shape index (κ3) is 10.3. The highest BCUT2D eigenvalue weighted by Gasteiger charge is 2.55.